The molecule has 0 radical (unpaired) electrons. The van der Waals surface area contributed by atoms with Crippen molar-refractivity contribution in [3.63, 3.8) is 0 Å². The minimum atomic E-state index is -3.24. The molecular weight excluding hydrogens is 286 g/mol. The number of benzene rings is 1. The van der Waals surface area contributed by atoms with E-state index < -0.39 is 14.6 Å². The van der Waals surface area contributed by atoms with E-state index in [0.717, 1.165) is 0 Å². The normalized spacial score (nSPS) is 11.9. The number of nitriles is 1. The van der Waals surface area contributed by atoms with Crippen molar-refractivity contribution in [3.8, 4) is 11.8 Å². The molecule has 0 aliphatic carbocycles. The first-order valence-electron chi connectivity index (χ1n) is 5.72. The summed E-state index contributed by atoms with van der Waals surface area (Å²) in [6, 6.07) is 6.59. The molecule has 0 atom stereocenters. The highest BCUT2D eigenvalue weighted by atomic mass is 35.5. The summed E-state index contributed by atoms with van der Waals surface area (Å²) in [7, 11) is -3.24. The van der Waals surface area contributed by atoms with Gasteiger partial charge in [0.25, 0.3) is 0 Å². The summed E-state index contributed by atoms with van der Waals surface area (Å²) in [4.78, 5) is 0. The van der Waals surface area contributed by atoms with Crippen molar-refractivity contribution >= 4 is 21.4 Å². The third kappa shape index (κ3) is 4.12. The van der Waals surface area contributed by atoms with Gasteiger partial charge in [-0.2, -0.15) is 5.26 Å². The van der Waals surface area contributed by atoms with E-state index in [1.807, 2.05) is 6.07 Å². The van der Waals surface area contributed by atoms with Crippen molar-refractivity contribution in [2.24, 2.45) is 0 Å². The third-order valence-electron chi connectivity index (χ3n) is 2.61. The van der Waals surface area contributed by atoms with Crippen molar-refractivity contribution < 1.29 is 13.2 Å². The number of sulfone groups is 1. The molecule has 0 aromatic heterocycles. The average molecular weight is 302 g/mol. The standard InChI is InChI=1S/C13H16ClNO3S/c1-13(2,3)19(16,17)7-6-18-12-8-11(14)5-4-10(12)9-15/h4-5,8H,6-7H2,1-3H3. The maximum absolute atomic E-state index is 11.9. The number of hydrogen-bond acceptors (Lipinski definition) is 4. The zero-order valence-electron chi connectivity index (χ0n) is 11.1. The summed E-state index contributed by atoms with van der Waals surface area (Å²) in [6.07, 6.45) is 0. The Labute approximate surface area is 118 Å². The van der Waals surface area contributed by atoms with Gasteiger partial charge in [-0.1, -0.05) is 11.6 Å². The topological polar surface area (TPSA) is 67.2 Å². The highest BCUT2D eigenvalue weighted by Crippen LogP contribution is 2.23. The van der Waals surface area contributed by atoms with Crippen LogP contribution in [-0.4, -0.2) is 25.5 Å². The molecule has 0 saturated heterocycles. The summed E-state index contributed by atoms with van der Waals surface area (Å²) in [5, 5.41) is 9.34. The van der Waals surface area contributed by atoms with Gasteiger partial charge in [-0.3, -0.25) is 0 Å². The lowest BCUT2D eigenvalue weighted by atomic mass is 10.2. The molecule has 4 nitrogen and oxygen atoms in total. The van der Waals surface area contributed by atoms with Crippen LogP contribution in [-0.2, 0) is 9.84 Å². The Morgan fingerprint density at radius 1 is 1.37 bits per heavy atom. The number of ether oxygens (including phenoxy) is 1. The Bertz CT molecular complexity index is 597. The van der Waals surface area contributed by atoms with Gasteiger partial charge in [0.1, 0.15) is 18.4 Å². The Morgan fingerprint density at radius 2 is 2.00 bits per heavy atom. The zero-order valence-corrected chi connectivity index (χ0v) is 12.7. The molecule has 6 heteroatoms. The first-order valence-corrected chi connectivity index (χ1v) is 7.75. The van der Waals surface area contributed by atoms with Crippen LogP contribution in [0.3, 0.4) is 0 Å². The maximum atomic E-state index is 11.9. The Hall–Kier alpha value is -1.25. The summed E-state index contributed by atoms with van der Waals surface area (Å²) in [6.45, 7) is 4.92. The largest absolute Gasteiger partial charge is 0.491 e. The summed E-state index contributed by atoms with van der Waals surface area (Å²) in [5.74, 6) is 0.201. The molecule has 0 aliphatic rings. The molecule has 0 amide bonds. The van der Waals surface area contributed by atoms with Crippen molar-refractivity contribution in [2.75, 3.05) is 12.4 Å². The number of rotatable bonds is 4. The van der Waals surface area contributed by atoms with E-state index in [-0.39, 0.29) is 12.4 Å². The van der Waals surface area contributed by atoms with E-state index in [2.05, 4.69) is 0 Å². The lowest BCUT2D eigenvalue weighted by molar-refractivity contribution is 0.339. The van der Waals surface area contributed by atoms with Crippen LogP contribution in [0.2, 0.25) is 5.02 Å². The highest BCUT2D eigenvalue weighted by molar-refractivity contribution is 7.92. The summed E-state index contributed by atoms with van der Waals surface area (Å²) in [5.41, 5.74) is 0.331. The van der Waals surface area contributed by atoms with Gasteiger partial charge in [0.15, 0.2) is 9.84 Å². The van der Waals surface area contributed by atoms with Crippen LogP contribution in [0, 0.1) is 11.3 Å². The predicted octanol–water partition coefficient (Wildman–Crippen LogP) is 2.80. The van der Waals surface area contributed by atoms with Crippen LogP contribution < -0.4 is 4.74 Å². The van der Waals surface area contributed by atoms with Crippen LogP contribution >= 0.6 is 11.6 Å². The summed E-state index contributed by atoms with van der Waals surface area (Å²) >= 11 is 5.81. The second kappa shape index (κ2) is 5.81. The molecule has 104 valence electrons. The Morgan fingerprint density at radius 3 is 2.53 bits per heavy atom. The maximum Gasteiger partial charge on any atom is 0.158 e. The van der Waals surface area contributed by atoms with Crippen molar-refractivity contribution in [1.29, 1.82) is 5.26 Å². The number of nitrogens with zero attached hydrogens (tertiary/aromatic N) is 1. The predicted molar refractivity (Wildman–Crippen MR) is 75.2 cm³/mol. The first-order chi connectivity index (χ1) is 8.67. The molecule has 1 rings (SSSR count). The first kappa shape index (κ1) is 15.8. The monoisotopic (exact) mass is 301 g/mol. The molecule has 1 aromatic carbocycles. The molecule has 0 N–H and O–H groups in total. The van der Waals surface area contributed by atoms with Gasteiger partial charge >= 0.3 is 0 Å². The van der Waals surface area contributed by atoms with Gasteiger partial charge in [-0.15, -0.1) is 0 Å². The van der Waals surface area contributed by atoms with Crippen molar-refractivity contribution in [2.45, 2.75) is 25.5 Å². The molecular formula is C13H16ClNO3S. The van der Waals surface area contributed by atoms with Crippen LogP contribution in [0.1, 0.15) is 26.3 Å². The molecule has 0 fully saturated rings. The zero-order chi connectivity index (χ0) is 14.7. The van der Waals surface area contributed by atoms with E-state index >= 15 is 0 Å². The molecule has 0 bridgehead atoms. The molecule has 0 unspecified atom stereocenters. The molecule has 1 aromatic rings. The minimum absolute atomic E-state index is 0.00533. The van der Waals surface area contributed by atoms with Crippen LogP contribution in [0.15, 0.2) is 18.2 Å². The fraction of sp³-hybridized carbons (Fsp3) is 0.462. The van der Waals surface area contributed by atoms with Crippen molar-refractivity contribution in [3.05, 3.63) is 28.8 Å². The van der Waals surface area contributed by atoms with Gasteiger partial charge in [0, 0.05) is 11.1 Å². The van der Waals surface area contributed by atoms with Gasteiger partial charge < -0.3 is 4.74 Å². The quantitative estimate of drug-likeness (QED) is 0.857. The van der Waals surface area contributed by atoms with Gasteiger partial charge in [0.05, 0.1) is 16.1 Å². The highest BCUT2D eigenvalue weighted by Gasteiger charge is 2.28. The molecule has 19 heavy (non-hydrogen) atoms. The number of hydrogen-bond donors (Lipinski definition) is 0. The van der Waals surface area contributed by atoms with Gasteiger partial charge in [-0.05, 0) is 32.9 Å². The molecule has 0 heterocycles. The lowest BCUT2D eigenvalue weighted by Crippen LogP contribution is -2.32. The molecule has 0 aliphatic heterocycles. The van der Waals surface area contributed by atoms with Crippen molar-refractivity contribution in [1.82, 2.24) is 0 Å². The Balaban J connectivity index is 2.75. The van der Waals surface area contributed by atoms with E-state index in [1.54, 1.807) is 26.8 Å². The van der Waals surface area contributed by atoms with Crippen LogP contribution in [0.5, 0.6) is 5.75 Å². The average Bonchev–Trinajstić information content (AvgIpc) is 2.27. The SMILES string of the molecule is CC(C)(C)S(=O)(=O)CCOc1cc(Cl)ccc1C#N. The summed E-state index contributed by atoms with van der Waals surface area (Å²) < 4.78 is 28.3. The minimum Gasteiger partial charge on any atom is -0.491 e. The van der Waals surface area contributed by atoms with Crippen LogP contribution in [0.4, 0.5) is 0 Å². The smallest absolute Gasteiger partial charge is 0.158 e. The second-order valence-corrected chi connectivity index (χ2v) is 8.33. The second-order valence-electron chi connectivity index (χ2n) is 5.03. The van der Waals surface area contributed by atoms with Gasteiger partial charge in [-0.25, -0.2) is 8.42 Å². The van der Waals surface area contributed by atoms with Crippen LogP contribution in [0.25, 0.3) is 0 Å². The van der Waals surface area contributed by atoms with E-state index in [1.165, 1.54) is 12.1 Å². The fourth-order valence-electron chi connectivity index (χ4n) is 1.28. The number of halogens is 1. The molecule has 0 saturated carbocycles. The van der Waals surface area contributed by atoms with E-state index in [9.17, 15) is 8.42 Å². The lowest BCUT2D eigenvalue weighted by Gasteiger charge is -2.19. The fourth-order valence-corrected chi connectivity index (χ4v) is 2.35. The van der Waals surface area contributed by atoms with E-state index in [0.29, 0.717) is 16.3 Å². The third-order valence-corrected chi connectivity index (χ3v) is 5.41. The van der Waals surface area contributed by atoms with E-state index in [4.69, 9.17) is 21.6 Å². The molecule has 0 spiro atoms. The Kier molecular flexibility index (Phi) is 4.83. The van der Waals surface area contributed by atoms with Gasteiger partial charge in [0.2, 0.25) is 0 Å².